The van der Waals surface area contributed by atoms with E-state index in [0.717, 1.165) is 12.8 Å². The number of nitrogens with two attached hydrogens (primary N) is 1. The molecule has 1 unspecified atom stereocenters. The highest BCUT2D eigenvalue weighted by Crippen LogP contribution is 2.18. The quantitative estimate of drug-likeness (QED) is 0.446. The maximum Gasteiger partial charge on any atom is 0.0469 e. The van der Waals surface area contributed by atoms with Crippen LogP contribution < -0.4 is 11.3 Å². The first kappa shape index (κ1) is 11.8. The van der Waals surface area contributed by atoms with E-state index in [4.69, 9.17) is 5.84 Å². The van der Waals surface area contributed by atoms with Gasteiger partial charge in [-0.1, -0.05) is 29.8 Å². The summed E-state index contributed by atoms with van der Waals surface area (Å²) >= 11 is 0. The zero-order valence-corrected chi connectivity index (χ0v) is 9.38. The van der Waals surface area contributed by atoms with Gasteiger partial charge in [0.25, 0.3) is 0 Å². The molecule has 0 aliphatic rings. The molecule has 2 heteroatoms. The molecule has 0 aliphatic carbocycles. The molecule has 0 spiro atoms. The second-order valence-electron chi connectivity index (χ2n) is 3.60. The fraction of sp³-hybridized carbons (Fsp3) is 0.385. The minimum Gasteiger partial charge on any atom is -0.271 e. The largest absolute Gasteiger partial charge is 0.271 e. The molecule has 2 nitrogen and oxygen atoms in total. The first-order valence-electron chi connectivity index (χ1n) is 5.20. The maximum absolute atomic E-state index is 5.54. The Morgan fingerprint density at radius 2 is 2.27 bits per heavy atom. The molecule has 0 saturated heterocycles. The molecular formula is C13H18N2. The molecule has 80 valence electrons. The average Bonchev–Trinajstić information content (AvgIpc) is 2.24. The van der Waals surface area contributed by atoms with E-state index < -0.39 is 0 Å². The van der Waals surface area contributed by atoms with Gasteiger partial charge in [-0.3, -0.25) is 11.3 Å². The van der Waals surface area contributed by atoms with Crippen LogP contribution in [0.2, 0.25) is 0 Å². The van der Waals surface area contributed by atoms with Gasteiger partial charge in [-0.25, -0.2) is 0 Å². The Bertz CT molecular complexity index is 360. The van der Waals surface area contributed by atoms with E-state index in [1.54, 1.807) is 0 Å². The van der Waals surface area contributed by atoms with Crippen molar-refractivity contribution in [1.82, 2.24) is 5.43 Å². The molecule has 0 bridgehead atoms. The number of aryl methyl sites for hydroxylation is 1. The lowest BCUT2D eigenvalue weighted by Crippen LogP contribution is -2.27. The molecule has 3 N–H and O–H groups in total. The topological polar surface area (TPSA) is 38.0 Å². The monoisotopic (exact) mass is 202 g/mol. The molecule has 1 atom stereocenters. The fourth-order valence-corrected chi connectivity index (χ4v) is 1.57. The molecule has 15 heavy (non-hydrogen) atoms. The SMILES string of the molecule is CC#CCCC(NN)c1cccc(C)c1. The van der Waals surface area contributed by atoms with Crippen molar-refractivity contribution in [1.29, 1.82) is 0 Å². The second-order valence-corrected chi connectivity index (χ2v) is 3.60. The highest BCUT2D eigenvalue weighted by atomic mass is 15.2. The summed E-state index contributed by atoms with van der Waals surface area (Å²) in [5.74, 6) is 11.5. The van der Waals surface area contributed by atoms with Crippen molar-refractivity contribution in [2.24, 2.45) is 5.84 Å². The van der Waals surface area contributed by atoms with Crippen molar-refractivity contribution < 1.29 is 0 Å². The van der Waals surface area contributed by atoms with Crippen molar-refractivity contribution in [2.45, 2.75) is 32.7 Å². The highest BCUT2D eigenvalue weighted by Gasteiger charge is 2.07. The Kier molecular flexibility index (Phi) is 4.89. The third-order valence-corrected chi connectivity index (χ3v) is 2.38. The Labute approximate surface area is 91.8 Å². The van der Waals surface area contributed by atoms with Gasteiger partial charge < -0.3 is 0 Å². The van der Waals surface area contributed by atoms with Crippen molar-refractivity contribution in [2.75, 3.05) is 0 Å². The number of nitrogens with one attached hydrogen (secondary N) is 1. The molecule has 0 aliphatic heterocycles. The van der Waals surface area contributed by atoms with E-state index in [2.05, 4.69) is 48.5 Å². The van der Waals surface area contributed by atoms with Gasteiger partial charge in [0.2, 0.25) is 0 Å². The van der Waals surface area contributed by atoms with Crippen molar-refractivity contribution >= 4 is 0 Å². The number of hydrogen-bond acceptors (Lipinski definition) is 2. The lowest BCUT2D eigenvalue weighted by atomic mass is 10.0. The van der Waals surface area contributed by atoms with Crippen LogP contribution in [0.5, 0.6) is 0 Å². The summed E-state index contributed by atoms with van der Waals surface area (Å²) in [5.41, 5.74) is 5.33. The smallest absolute Gasteiger partial charge is 0.0469 e. The first-order valence-corrected chi connectivity index (χ1v) is 5.20. The lowest BCUT2D eigenvalue weighted by Gasteiger charge is -2.15. The van der Waals surface area contributed by atoms with E-state index in [0.29, 0.717) is 0 Å². The standard InChI is InChI=1S/C13H18N2/c1-3-4-5-9-13(15-14)12-8-6-7-11(2)10-12/h6-8,10,13,15H,5,9,14H2,1-2H3. The van der Waals surface area contributed by atoms with Gasteiger partial charge in [0.05, 0.1) is 0 Å². The molecule has 0 fully saturated rings. The molecule has 1 rings (SSSR count). The van der Waals surface area contributed by atoms with Crippen molar-refractivity contribution in [3.63, 3.8) is 0 Å². The normalized spacial score (nSPS) is 11.7. The Balaban J connectivity index is 2.68. The Hall–Kier alpha value is -1.30. The molecular weight excluding hydrogens is 184 g/mol. The first-order chi connectivity index (χ1) is 7.27. The maximum atomic E-state index is 5.54. The van der Waals surface area contributed by atoms with Gasteiger partial charge in [0.1, 0.15) is 0 Å². The summed E-state index contributed by atoms with van der Waals surface area (Å²) in [6, 6.07) is 8.59. The van der Waals surface area contributed by atoms with Crippen LogP contribution in [0.4, 0.5) is 0 Å². The molecule has 0 amide bonds. The van der Waals surface area contributed by atoms with E-state index >= 15 is 0 Å². The number of benzene rings is 1. The van der Waals surface area contributed by atoms with Gasteiger partial charge in [-0.15, -0.1) is 11.8 Å². The van der Waals surface area contributed by atoms with Gasteiger partial charge in [-0.2, -0.15) is 0 Å². The second kappa shape index (κ2) is 6.23. The van der Waals surface area contributed by atoms with E-state index in [-0.39, 0.29) is 6.04 Å². The van der Waals surface area contributed by atoms with E-state index in [1.807, 2.05) is 6.92 Å². The van der Waals surface area contributed by atoms with Gasteiger partial charge in [0.15, 0.2) is 0 Å². The minimum absolute atomic E-state index is 0.200. The molecule has 0 heterocycles. The Morgan fingerprint density at radius 1 is 1.47 bits per heavy atom. The molecule has 1 aromatic carbocycles. The van der Waals surface area contributed by atoms with Crippen LogP contribution in [0.25, 0.3) is 0 Å². The van der Waals surface area contributed by atoms with Gasteiger partial charge in [0, 0.05) is 12.5 Å². The number of hydrogen-bond donors (Lipinski definition) is 2. The van der Waals surface area contributed by atoms with Crippen LogP contribution >= 0.6 is 0 Å². The summed E-state index contributed by atoms with van der Waals surface area (Å²) in [6.07, 6.45) is 1.82. The number of rotatable bonds is 4. The summed E-state index contributed by atoms with van der Waals surface area (Å²) in [6.45, 7) is 3.94. The van der Waals surface area contributed by atoms with Crippen LogP contribution in [0.15, 0.2) is 24.3 Å². The van der Waals surface area contributed by atoms with Crippen molar-refractivity contribution in [3.8, 4) is 11.8 Å². The van der Waals surface area contributed by atoms with Gasteiger partial charge >= 0.3 is 0 Å². The van der Waals surface area contributed by atoms with Gasteiger partial charge in [-0.05, 0) is 25.8 Å². The molecule has 1 aromatic rings. The van der Waals surface area contributed by atoms with E-state index in [9.17, 15) is 0 Å². The van der Waals surface area contributed by atoms with E-state index in [1.165, 1.54) is 11.1 Å². The lowest BCUT2D eigenvalue weighted by molar-refractivity contribution is 0.523. The average molecular weight is 202 g/mol. The molecule has 0 aromatic heterocycles. The zero-order chi connectivity index (χ0) is 11.1. The van der Waals surface area contributed by atoms with Crippen LogP contribution in [0, 0.1) is 18.8 Å². The van der Waals surface area contributed by atoms with Crippen LogP contribution in [0.1, 0.15) is 36.9 Å². The third-order valence-electron chi connectivity index (χ3n) is 2.38. The van der Waals surface area contributed by atoms with Crippen LogP contribution in [-0.4, -0.2) is 0 Å². The van der Waals surface area contributed by atoms with Crippen LogP contribution in [0.3, 0.4) is 0 Å². The summed E-state index contributed by atoms with van der Waals surface area (Å²) < 4.78 is 0. The number of hydrazine groups is 1. The highest BCUT2D eigenvalue weighted by molar-refractivity contribution is 5.25. The molecule has 0 radical (unpaired) electrons. The zero-order valence-electron chi connectivity index (χ0n) is 9.38. The predicted octanol–water partition coefficient (Wildman–Crippen LogP) is 2.30. The predicted molar refractivity (Wildman–Crippen MR) is 63.9 cm³/mol. The molecule has 0 saturated carbocycles. The summed E-state index contributed by atoms with van der Waals surface area (Å²) in [5, 5.41) is 0. The minimum atomic E-state index is 0.200. The van der Waals surface area contributed by atoms with Crippen LogP contribution in [-0.2, 0) is 0 Å². The Morgan fingerprint density at radius 3 is 2.87 bits per heavy atom. The van der Waals surface area contributed by atoms with Crippen molar-refractivity contribution in [3.05, 3.63) is 35.4 Å². The summed E-state index contributed by atoms with van der Waals surface area (Å²) in [4.78, 5) is 0. The fourth-order valence-electron chi connectivity index (χ4n) is 1.57. The summed E-state index contributed by atoms with van der Waals surface area (Å²) in [7, 11) is 0. The third kappa shape index (κ3) is 3.75.